The third-order valence-electron chi connectivity index (χ3n) is 6.38. The summed E-state index contributed by atoms with van der Waals surface area (Å²) in [5.41, 5.74) is -3.46. The van der Waals surface area contributed by atoms with Crippen LogP contribution in [0.15, 0.2) is 47.4 Å². The van der Waals surface area contributed by atoms with E-state index in [-0.39, 0.29) is 27.8 Å². The van der Waals surface area contributed by atoms with E-state index in [4.69, 9.17) is 4.74 Å². The van der Waals surface area contributed by atoms with Gasteiger partial charge in [-0.2, -0.15) is 13.2 Å². The van der Waals surface area contributed by atoms with Gasteiger partial charge in [-0.25, -0.2) is 12.8 Å². The summed E-state index contributed by atoms with van der Waals surface area (Å²) in [5.74, 6) is -0.586. The van der Waals surface area contributed by atoms with Gasteiger partial charge in [0.05, 0.1) is 17.1 Å². The van der Waals surface area contributed by atoms with Crippen LogP contribution in [0.1, 0.15) is 20.3 Å². The molecule has 0 N–H and O–H groups in total. The van der Waals surface area contributed by atoms with Crippen molar-refractivity contribution in [1.82, 2.24) is 4.90 Å². The number of nitrogens with zero attached hydrogens (tertiary/aromatic N) is 3. The fourth-order valence-corrected chi connectivity index (χ4v) is 5.63. The molecule has 36 heavy (non-hydrogen) atoms. The van der Waals surface area contributed by atoms with E-state index >= 15 is 0 Å². The highest BCUT2D eigenvalue weighted by Crippen LogP contribution is 2.43. The van der Waals surface area contributed by atoms with Crippen molar-refractivity contribution in [2.24, 2.45) is 0 Å². The van der Waals surface area contributed by atoms with Crippen molar-refractivity contribution in [1.29, 1.82) is 0 Å². The van der Waals surface area contributed by atoms with Gasteiger partial charge in [0.1, 0.15) is 29.3 Å². The number of hydrogen-bond acceptors (Lipinski definition) is 6. The van der Waals surface area contributed by atoms with Crippen LogP contribution in [0.3, 0.4) is 0 Å². The van der Waals surface area contributed by atoms with Crippen LogP contribution in [-0.2, 0) is 10.0 Å². The van der Waals surface area contributed by atoms with Crippen LogP contribution < -0.4 is 19.0 Å². The van der Waals surface area contributed by atoms with Gasteiger partial charge in [0, 0.05) is 12.2 Å². The van der Waals surface area contributed by atoms with Gasteiger partial charge in [0.25, 0.3) is 10.0 Å². The van der Waals surface area contributed by atoms with Crippen LogP contribution >= 0.6 is 0 Å². The van der Waals surface area contributed by atoms with Gasteiger partial charge < -0.3 is 19.5 Å². The van der Waals surface area contributed by atoms with Gasteiger partial charge >= 0.3 is 6.18 Å². The van der Waals surface area contributed by atoms with Gasteiger partial charge in [-0.1, -0.05) is 0 Å². The van der Waals surface area contributed by atoms with Crippen molar-refractivity contribution in [2.75, 3.05) is 35.4 Å². The number of carbonyl (C=O) groups excluding carboxylic acids is 1. The molecule has 0 saturated carbocycles. The molecule has 196 valence electrons. The normalized spacial score (nSPS) is 18.7. The summed E-state index contributed by atoms with van der Waals surface area (Å²) in [7, 11) is -4.31. The largest absolute Gasteiger partial charge is 0.530 e. The van der Waals surface area contributed by atoms with Gasteiger partial charge in [-0.05, 0) is 75.8 Å². The molecule has 1 saturated heterocycles. The number of carboxylic acid groups (broad SMARTS) is 1. The maximum absolute atomic E-state index is 13.7. The van der Waals surface area contributed by atoms with Crippen molar-refractivity contribution < 1.29 is 40.6 Å². The summed E-state index contributed by atoms with van der Waals surface area (Å²) in [6, 6.07) is 7.47. The Morgan fingerprint density at radius 3 is 2.31 bits per heavy atom. The number of alkyl halides is 3. The number of ether oxygens (including phenoxy) is 1. The lowest BCUT2D eigenvalue weighted by Gasteiger charge is -2.43. The van der Waals surface area contributed by atoms with Crippen LogP contribution in [-0.4, -0.2) is 63.4 Å². The minimum atomic E-state index is -4.96. The fourth-order valence-electron chi connectivity index (χ4n) is 4.13. The van der Waals surface area contributed by atoms with E-state index in [9.17, 15) is 35.9 Å². The highest BCUT2D eigenvalue weighted by Gasteiger charge is 2.52. The van der Waals surface area contributed by atoms with Crippen LogP contribution in [0.4, 0.5) is 33.7 Å². The molecule has 13 heteroatoms. The van der Waals surface area contributed by atoms with Crippen LogP contribution in [0, 0.1) is 5.82 Å². The Hall–Kier alpha value is -3.06. The summed E-state index contributed by atoms with van der Waals surface area (Å²) < 4.78 is 88.6. The summed E-state index contributed by atoms with van der Waals surface area (Å²) >= 11 is 0. The predicted octanol–water partition coefficient (Wildman–Crippen LogP) is 2.98. The number of rotatable bonds is 6. The van der Waals surface area contributed by atoms with Gasteiger partial charge in [-0.15, -0.1) is 0 Å². The monoisotopic (exact) mass is 530 g/mol. The number of anilines is 2. The zero-order valence-electron chi connectivity index (χ0n) is 19.5. The average molecular weight is 531 g/mol. The smallest absolute Gasteiger partial charge is 0.411 e. The third kappa shape index (κ3) is 4.69. The highest BCUT2D eigenvalue weighted by molar-refractivity contribution is 7.92. The fraction of sp³-hybridized carbons (Fsp3) is 0.435. The number of carbonyl (C=O) groups is 1. The lowest BCUT2D eigenvalue weighted by molar-refractivity contribution is -0.254. The van der Waals surface area contributed by atoms with Crippen molar-refractivity contribution in [2.45, 2.75) is 43.0 Å². The van der Waals surface area contributed by atoms with E-state index in [0.717, 1.165) is 60.2 Å². The number of likely N-dealkylation sites (tertiary alicyclic amines) is 1. The Labute approximate surface area is 205 Å². The van der Waals surface area contributed by atoms with Crippen molar-refractivity contribution >= 4 is 27.5 Å². The van der Waals surface area contributed by atoms with Crippen LogP contribution in [0.5, 0.6) is 5.75 Å². The first-order valence-electron chi connectivity index (χ1n) is 11.1. The standard InChI is InChI=1S/C23H25F4N3O5S/c1-22(2,23(25,26)27)30(21(31)32)16-6-9-20-19(12-16)29(14-17(35-20)13-28-10-3-11-28)36(33,34)18-7-4-15(24)5-8-18/h4-9,12,17H,3,10-11,13-14H2,1-2H3,(H,31,32)/p-1/t17-/m0/s1. The predicted molar refractivity (Wildman–Crippen MR) is 121 cm³/mol. The summed E-state index contributed by atoms with van der Waals surface area (Å²) in [6.45, 7) is 3.24. The molecule has 2 aliphatic rings. The molecular weight excluding hydrogens is 506 g/mol. The Balaban J connectivity index is 1.81. The second-order valence-corrected chi connectivity index (χ2v) is 11.1. The van der Waals surface area contributed by atoms with Gasteiger partial charge in [0.2, 0.25) is 0 Å². The Kier molecular flexibility index (Phi) is 6.58. The quantitative estimate of drug-likeness (QED) is 0.534. The molecule has 0 bridgehead atoms. The lowest BCUT2D eigenvalue weighted by atomic mass is 10.0. The maximum Gasteiger partial charge on any atom is 0.411 e. The Morgan fingerprint density at radius 1 is 1.14 bits per heavy atom. The Bertz CT molecular complexity index is 1250. The minimum absolute atomic E-state index is 0.0299. The number of hydrogen-bond donors (Lipinski definition) is 0. The van der Waals surface area contributed by atoms with Crippen LogP contribution in [0.25, 0.3) is 0 Å². The van der Waals surface area contributed by atoms with E-state index in [2.05, 4.69) is 4.90 Å². The second kappa shape index (κ2) is 9.11. The zero-order chi connectivity index (χ0) is 26.5. The topological polar surface area (TPSA) is 93.2 Å². The molecule has 0 aliphatic carbocycles. The van der Waals surface area contributed by atoms with E-state index < -0.39 is 45.4 Å². The SMILES string of the molecule is CC(C)(N(C(=O)[O-])c1ccc2c(c1)N(S(=O)(=O)c1ccc(F)cc1)C[C@H](CN1CCC1)O2)C(F)(F)F. The highest BCUT2D eigenvalue weighted by atomic mass is 32.2. The average Bonchev–Trinajstić information content (AvgIpc) is 2.75. The van der Waals surface area contributed by atoms with Gasteiger partial charge in [0.15, 0.2) is 0 Å². The van der Waals surface area contributed by atoms with E-state index in [0.29, 0.717) is 20.4 Å². The molecule has 4 rings (SSSR count). The number of amides is 1. The number of fused-ring (bicyclic) bond motifs is 1. The third-order valence-corrected chi connectivity index (χ3v) is 8.17. The maximum atomic E-state index is 13.7. The van der Waals surface area contributed by atoms with Crippen molar-refractivity contribution in [3.63, 3.8) is 0 Å². The molecule has 2 heterocycles. The first-order valence-corrected chi connectivity index (χ1v) is 12.5. The van der Waals surface area contributed by atoms with Gasteiger partial charge in [-0.3, -0.25) is 9.21 Å². The first-order chi connectivity index (χ1) is 16.7. The molecule has 1 fully saturated rings. The molecule has 2 aromatic carbocycles. The number of benzene rings is 2. The minimum Gasteiger partial charge on any atom is -0.530 e. The first kappa shape index (κ1) is 26.0. The van der Waals surface area contributed by atoms with E-state index in [1.807, 2.05) is 0 Å². The van der Waals surface area contributed by atoms with Crippen molar-refractivity contribution in [3.8, 4) is 5.75 Å². The molecule has 2 aliphatic heterocycles. The summed E-state index contributed by atoms with van der Waals surface area (Å²) in [4.78, 5) is 13.7. The summed E-state index contributed by atoms with van der Waals surface area (Å²) in [6.07, 6.45) is -6.67. The molecule has 1 amide bonds. The molecule has 0 spiro atoms. The van der Waals surface area contributed by atoms with Crippen molar-refractivity contribution in [3.05, 3.63) is 48.3 Å². The molecular formula is C23H24F4N3O5S-. The molecule has 0 unspecified atom stereocenters. The second-order valence-electron chi connectivity index (χ2n) is 9.19. The number of sulfonamides is 1. The number of halogens is 4. The van der Waals surface area contributed by atoms with E-state index in [1.54, 1.807) is 0 Å². The molecule has 0 radical (unpaired) electrons. The molecule has 8 nitrogen and oxygen atoms in total. The summed E-state index contributed by atoms with van der Waals surface area (Å²) in [5, 5.41) is 11.8. The lowest BCUT2D eigenvalue weighted by Crippen LogP contribution is -2.60. The Morgan fingerprint density at radius 2 is 1.78 bits per heavy atom. The zero-order valence-corrected chi connectivity index (χ0v) is 20.3. The molecule has 2 aromatic rings. The van der Waals surface area contributed by atoms with E-state index in [1.165, 1.54) is 6.07 Å². The van der Waals surface area contributed by atoms with Crippen LogP contribution in [0.2, 0.25) is 0 Å². The molecule has 0 aromatic heterocycles. The molecule has 1 atom stereocenters.